The molecule has 2 aromatic rings. The number of carbonyl (C=O) groups excluding carboxylic acids is 2. The van der Waals surface area contributed by atoms with Crippen molar-refractivity contribution in [2.45, 2.75) is 26.2 Å². The van der Waals surface area contributed by atoms with Crippen molar-refractivity contribution in [3.8, 4) is 5.75 Å². The van der Waals surface area contributed by atoms with Crippen molar-refractivity contribution in [2.75, 3.05) is 32.8 Å². The summed E-state index contributed by atoms with van der Waals surface area (Å²) >= 11 is 5.91. The van der Waals surface area contributed by atoms with E-state index in [1.807, 2.05) is 53.1 Å². The Morgan fingerprint density at radius 2 is 1.59 bits per heavy atom. The first-order valence-electron chi connectivity index (χ1n) is 10.1. The topological polar surface area (TPSA) is 49.9 Å². The van der Waals surface area contributed by atoms with Gasteiger partial charge >= 0.3 is 0 Å². The van der Waals surface area contributed by atoms with Crippen LogP contribution in [0.2, 0.25) is 5.02 Å². The molecule has 1 fully saturated rings. The summed E-state index contributed by atoms with van der Waals surface area (Å²) < 4.78 is 5.43. The first kappa shape index (κ1) is 21.2. The first-order valence-corrected chi connectivity index (χ1v) is 10.5. The first-order chi connectivity index (χ1) is 14.1. The van der Waals surface area contributed by atoms with E-state index in [0.29, 0.717) is 56.2 Å². The highest BCUT2D eigenvalue weighted by Gasteiger charge is 2.22. The van der Waals surface area contributed by atoms with E-state index in [1.165, 1.54) is 0 Å². The third-order valence-corrected chi connectivity index (χ3v) is 5.34. The molecule has 0 radical (unpaired) electrons. The maximum atomic E-state index is 12.8. The standard InChI is InChI=1S/C23H27ClN2O3/c1-2-29-21-11-7-19(8-12-21)23(28)26-15-3-14-25(16-17-26)22(27)13-6-18-4-9-20(24)10-5-18/h4-5,7-12H,2-3,6,13-17H2,1H3. The van der Waals surface area contributed by atoms with Gasteiger partial charge in [-0.05, 0) is 61.7 Å². The summed E-state index contributed by atoms with van der Waals surface area (Å²) in [7, 11) is 0. The predicted molar refractivity (Wildman–Crippen MR) is 114 cm³/mol. The highest BCUT2D eigenvalue weighted by molar-refractivity contribution is 6.30. The molecule has 0 bridgehead atoms. The molecule has 1 aliphatic rings. The Hall–Kier alpha value is -2.53. The van der Waals surface area contributed by atoms with Crippen LogP contribution in [-0.4, -0.2) is 54.4 Å². The number of ether oxygens (including phenoxy) is 1. The molecule has 0 N–H and O–H groups in total. The molecular weight excluding hydrogens is 388 g/mol. The summed E-state index contributed by atoms with van der Waals surface area (Å²) in [5, 5.41) is 0.699. The van der Waals surface area contributed by atoms with Crippen LogP contribution in [0.3, 0.4) is 0 Å². The summed E-state index contributed by atoms with van der Waals surface area (Å²) in [6.45, 7) is 5.00. The smallest absolute Gasteiger partial charge is 0.253 e. The van der Waals surface area contributed by atoms with Crippen LogP contribution in [0.25, 0.3) is 0 Å². The Balaban J connectivity index is 1.51. The lowest BCUT2D eigenvalue weighted by Gasteiger charge is -2.22. The van der Waals surface area contributed by atoms with E-state index in [0.717, 1.165) is 17.7 Å². The molecule has 1 heterocycles. The summed E-state index contributed by atoms with van der Waals surface area (Å²) in [5.41, 5.74) is 1.75. The van der Waals surface area contributed by atoms with Gasteiger partial charge in [0.2, 0.25) is 5.91 Å². The van der Waals surface area contributed by atoms with Crippen molar-refractivity contribution in [1.29, 1.82) is 0 Å². The van der Waals surface area contributed by atoms with E-state index in [1.54, 1.807) is 12.1 Å². The average Bonchev–Trinajstić information content (AvgIpc) is 3.00. The molecule has 0 atom stereocenters. The van der Waals surface area contributed by atoms with Crippen molar-refractivity contribution in [1.82, 2.24) is 9.80 Å². The van der Waals surface area contributed by atoms with Crippen LogP contribution in [0.1, 0.15) is 35.7 Å². The van der Waals surface area contributed by atoms with E-state index >= 15 is 0 Å². The van der Waals surface area contributed by atoms with Crippen molar-refractivity contribution < 1.29 is 14.3 Å². The molecule has 0 unspecified atom stereocenters. The monoisotopic (exact) mass is 414 g/mol. The van der Waals surface area contributed by atoms with Crippen LogP contribution >= 0.6 is 11.6 Å². The number of nitrogens with zero attached hydrogens (tertiary/aromatic N) is 2. The Morgan fingerprint density at radius 3 is 2.28 bits per heavy atom. The minimum absolute atomic E-state index is 0.00325. The van der Waals surface area contributed by atoms with E-state index in [9.17, 15) is 9.59 Å². The van der Waals surface area contributed by atoms with Gasteiger partial charge in [0, 0.05) is 43.2 Å². The van der Waals surface area contributed by atoms with Gasteiger partial charge < -0.3 is 14.5 Å². The zero-order chi connectivity index (χ0) is 20.6. The number of hydrogen-bond donors (Lipinski definition) is 0. The lowest BCUT2D eigenvalue weighted by Crippen LogP contribution is -2.37. The number of amides is 2. The second-order valence-corrected chi connectivity index (χ2v) is 7.55. The molecule has 1 saturated heterocycles. The maximum Gasteiger partial charge on any atom is 0.253 e. The number of carbonyl (C=O) groups is 2. The van der Waals surface area contributed by atoms with E-state index in [-0.39, 0.29) is 11.8 Å². The molecule has 0 saturated carbocycles. The molecule has 29 heavy (non-hydrogen) atoms. The third kappa shape index (κ3) is 5.97. The highest BCUT2D eigenvalue weighted by Crippen LogP contribution is 2.16. The molecule has 2 amide bonds. The number of rotatable bonds is 6. The maximum absolute atomic E-state index is 12.8. The zero-order valence-electron chi connectivity index (χ0n) is 16.8. The van der Waals surface area contributed by atoms with Crippen molar-refractivity contribution in [2.24, 2.45) is 0 Å². The highest BCUT2D eigenvalue weighted by atomic mass is 35.5. The molecule has 2 aromatic carbocycles. The second-order valence-electron chi connectivity index (χ2n) is 7.11. The minimum Gasteiger partial charge on any atom is -0.494 e. The predicted octanol–water partition coefficient (Wildman–Crippen LogP) is 4.05. The Labute approximate surface area is 177 Å². The third-order valence-electron chi connectivity index (χ3n) is 5.09. The van der Waals surface area contributed by atoms with Gasteiger partial charge in [0.05, 0.1) is 6.61 Å². The van der Waals surface area contributed by atoms with E-state index in [4.69, 9.17) is 16.3 Å². The quantitative estimate of drug-likeness (QED) is 0.716. The van der Waals surface area contributed by atoms with Gasteiger partial charge in [-0.1, -0.05) is 23.7 Å². The van der Waals surface area contributed by atoms with Crippen LogP contribution in [0, 0.1) is 0 Å². The van der Waals surface area contributed by atoms with Crippen LogP contribution in [0.15, 0.2) is 48.5 Å². The SMILES string of the molecule is CCOc1ccc(C(=O)N2CCCN(C(=O)CCc3ccc(Cl)cc3)CC2)cc1. The Morgan fingerprint density at radius 1 is 0.931 bits per heavy atom. The molecule has 154 valence electrons. The van der Waals surface area contributed by atoms with Crippen LogP contribution in [0.4, 0.5) is 0 Å². The van der Waals surface area contributed by atoms with E-state index < -0.39 is 0 Å². The number of benzene rings is 2. The average molecular weight is 415 g/mol. The van der Waals surface area contributed by atoms with Gasteiger partial charge in [0.15, 0.2) is 0 Å². The second kappa shape index (κ2) is 10.3. The molecule has 6 heteroatoms. The van der Waals surface area contributed by atoms with Crippen molar-refractivity contribution >= 4 is 23.4 Å². The molecule has 0 spiro atoms. The largest absolute Gasteiger partial charge is 0.494 e. The Kier molecular flexibility index (Phi) is 7.53. The number of hydrogen-bond acceptors (Lipinski definition) is 3. The van der Waals surface area contributed by atoms with Gasteiger partial charge in [0.25, 0.3) is 5.91 Å². The molecular formula is C23H27ClN2O3. The molecule has 0 aliphatic carbocycles. The fraction of sp³-hybridized carbons (Fsp3) is 0.391. The number of halogens is 1. The Bertz CT molecular complexity index is 821. The summed E-state index contributed by atoms with van der Waals surface area (Å²) in [4.78, 5) is 29.1. The summed E-state index contributed by atoms with van der Waals surface area (Å²) in [6.07, 6.45) is 1.95. The van der Waals surface area contributed by atoms with Gasteiger partial charge in [0.1, 0.15) is 5.75 Å². The minimum atomic E-state index is 0.00325. The van der Waals surface area contributed by atoms with Gasteiger partial charge in [-0.3, -0.25) is 9.59 Å². The summed E-state index contributed by atoms with van der Waals surface area (Å²) in [6, 6.07) is 14.8. The lowest BCUT2D eigenvalue weighted by molar-refractivity contribution is -0.131. The fourth-order valence-corrected chi connectivity index (χ4v) is 3.60. The zero-order valence-corrected chi connectivity index (χ0v) is 17.5. The van der Waals surface area contributed by atoms with Gasteiger partial charge in [-0.15, -0.1) is 0 Å². The fourth-order valence-electron chi connectivity index (χ4n) is 3.47. The van der Waals surface area contributed by atoms with Crippen molar-refractivity contribution in [3.63, 3.8) is 0 Å². The van der Waals surface area contributed by atoms with Crippen molar-refractivity contribution in [3.05, 3.63) is 64.7 Å². The van der Waals surface area contributed by atoms with Gasteiger partial charge in [-0.25, -0.2) is 0 Å². The molecule has 3 rings (SSSR count). The van der Waals surface area contributed by atoms with Gasteiger partial charge in [-0.2, -0.15) is 0 Å². The van der Waals surface area contributed by atoms with E-state index in [2.05, 4.69) is 0 Å². The molecule has 0 aromatic heterocycles. The van der Waals surface area contributed by atoms with Crippen LogP contribution in [0.5, 0.6) is 5.75 Å². The van der Waals surface area contributed by atoms with Crippen LogP contribution < -0.4 is 4.74 Å². The molecule has 5 nitrogen and oxygen atoms in total. The van der Waals surface area contributed by atoms with Crippen LogP contribution in [-0.2, 0) is 11.2 Å². The normalized spacial score (nSPS) is 14.4. The summed E-state index contributed by atoms with van der Waals surface area (Å²) in [5.74, 6) is 0.899. The lowest BCUT2D eigenvalue weighted by atomic mass is 10.1. The number of aryl methyl sites for hydroxylation is 1. The molecule has 1 aliphatic heterocycles.